The zero-order valence-electron chi connectivity index (χ0n) is 24.5. The first-order valence-electron chi connectivity index (χ1n) is 13.7. The fraction of sp³-hybridized carbons (Fsp3) is 0.793. The van der Waals surface area contributed by atoms with Crippen molar-refractivity contribution in [1.82, 2.24) is 20.9 Å². The van der Waals surface area contributed by atoms with Crippen molar-refractivity contribution in [2.45, 2.75) is 99.7 Å². The van der Waals surface area contributed by atoms with Gasteiger partial charge >= 0.3 is 0 Å². The highest BCUT2D eigenvalue weighted by Crippen LogP contribution is 2.65. The third kappa shape index (κ3) is 7.43. The molecule has 210 valence electrons. The predicted molar refractivity (Wildman–Crippen MR) is 147 cm³/mol. The molecule has 1 saturated heterocycles. The van der Waals surface area contributed by atoms with Crippen LogP contribution in [0.3, 0.4) is 0 Å². The largest absolute Gasteiger partial charge is 0.346 e. The number of fused-ring (bicyclic) bond motifs is 1. The van der Waals surface area contributed by atoms with Crippen LogP contribution >= 0.6 is 0 Å². The van der Waals surface area contributed by atoms with Gasteiger partial charge in [0.1, 0.15) is 6.04 Å². The summed E-state index contributed by atoms with van der Waals surface area (Å²) >= 11 is 0. The van der Waals surface area contributed by atoms with Gasteiger partial charge in [-0.15, -0.1) is 6.58 Å². The molecule has 3 amide bonds. The zero-order valence-corrected chi connectivity index (χ0v) is 24.5. The highest BCUT2D eigenvalue weighted by atomic mass is 16.2. The van der Waals surface area contributed by atoms with Crippen molar-refractivity contribution in [2.24, 2.45) is 28.1 Å². The van der Waals surface area contributed by atoms with Crippen molar-refractivity contribution in [3.63, 3.8) is 0 Å². The molecule has 1 saturated carbocycles. The van der Waals surface area contributed by atoms with E-state index in [1.807, 2.05) is 27.7 Å². The summed E-state index contributed by atoms with van der Waals surface area (Å²) in [7, 11) is 0. The number of nitrogens with one attached hydrogen (secondary N) is 3. The quantitative estimate of drug-likeness (QED) is 0.272. The molecule has 0 spiro atoms. The van der Waals surface area contributed by atoms with E-state index < -0.39 is 29.8 Å². The van der Waals surface area contributed by atoms with Crippen LogP contribution in [0, 0.1) is 28.1 Å². The molecule has 2 aliphatic rings. The third-order valence-electron chi connectivity index (χ3n) is 7.94. The van der Waals surface area contributed by atoms with E-state index in [4.69, 9.17) is 0 Å². The Morgan fingerprint density at radius 2 is 1.73 bits per heavy atom. The van der Waals surface area contributed by atoms with Crippen LogP contribution in [0.2, 0.25) is 0 Å². The molecule has 0 aromatic heterocycles. The maximum atomic E-state index is 14.0. The average molecular weight is 519 g/mol. The molecule has 2 fully saturated rings. The molecule has 1 aliphatic carbocycles. The van der Waals surface area contributed by atoms with Crippen LogP contribution in [0.5, 0.6) is 0 Å². The lowest BCUT2D eigenvalue weighted by atomic mass is 9.84. The number of carbonyl (C=O) groups excluding carboxylic acids is 4. The Hall–Kier alpha value is -2.22. The molecule has 3 N–H and O–H groups in total. The van der Waals surface area contributed by atoms with Crippen LogP contribution in [-0.4, -0.2) is 66.2 Å². The molecule has 1 heterocycles. The van der Waals surface area contributed by atoms with Gasteiger partial charge in [-0.1, -0.05) is 74.8 Å². The maximum absolute atomic E-state index is 14.0. The molecular formula is C29H50N4O4. The molecule has 5 atom stereocenters. The number of piperidine rings is 1. The van der Waals surface area contributed by atoms with Crippen molar-refractivity contribution in [3.05, 3.63) is 12.7 Å². The van der Waals surface area contributed by atoms with Gasteiger partial charge in [0.25, 0.3) is 5.91 Å². The Balaban J connectivity index is 2.25. The summed E-state index contributed by atoms with van der Waals surface area (Å²) in [5.41, 5.74) is -0.261. The van der Waals surface area contributed by atoms with Crippen LogP contribution in [-0.2, 0) is 19.2 Å². The number of Topliss-reactive ketones (excluding diaryl/α,β-unsaturated/α-hetero) is 1. The Morgan fingerprint density at radius 1 is 1.11 bits per heavy atom. The predicted octanol–water partition coefficient (Wildman–Crippen LogP) is 3.07. The zero-order chi connectivity index (χ0) is 28.3. The van der Waals surface area contributed by atoms with E-state index in [2.05, 4.69) is 57.1 Å². The van der Waals surface area contributed by atoms with Gasteiger partial charge in [-0.05, 0) is 47.5 Å². The second-order valence-electron chi connectivity index (χ2n) is 13.7. The molecule has 2 rings (SSSR count). The van der Waals surface area contributed by atoms with Crippen LogP contribution in [0.4, 0.5) is 0 Å². The number of carbonyl (C=O) groups is 4. The lowest BCUT2D eigenvalue weighted by molar-refractivity contribution is -0.145. The highest BCUT2D eigenvalue weighted by Gasteiger charge is 2.69. The fourth-order valence-electron chi connectivity index (χ4n) is 5.56. The minimum Gasteiger partial charge on any atom is -0.346 e. The maximum Gasteiger partial charge on any atom is 0.289 e. The van der Waals surface area contributed by atoms with Gasteiger partial charge in [0.2, 0.25) is 17.6 Å². The molecule has 0 aromatic carbocycles. The number of hydrogen-bond donors (Lipinski definition) is 3. The van der Waals surface area contributed by atoms with E-state index in [1.54, 1.807) is 4.90 Å². The molecule has 3 unspecified atom stereocenters. The normalized spacial score (nSPS) is 24.0. The van der Waals surface area contributed by atoms with E-state index in [-0.39, 0.29) is 46.4 Å². The van der Waals surface area contributed by atoms with Gasteiger partial charge in [-0.3, -0.25) is 19.2 Å². The van der Waals surface area contributed by atoms with Gasteiger partial charge in [-0.2, -0.15) is 0 Å². The molecule has 1 aliphatic heterocycles. The minimum atomic E-state index is -0.927. The minimum absolute atomic E-state index is 0.0265. The number of likely N-dealkylation sites (tertiary alicyclic amines) is 1. The summed E-state index contributed by atoms with van der Waals surface area (Å²) < 4.78 is 0. The van der Waals surface area contributed by atoms with E-state index in [9.17, 15) is 19.2 Å². The van der Waals surface area contributed by atoms with Crippen LogP contribution in [0.25, 0.3) is 0 Å². The summed E-state index contributed by atoms with van der Waals surface area (Å²) in [4.78, 5) is 54.5. The fourth-order valence-corrected chi connectivity index (χ4v) is 5.56. The number of amides is 3. The van der Waals surface area contributed by atoms with E-state index >= 15 is 0 Å². The topological polar surface area (TPSA) is 108 Å². The Kier molecular flexibility index (Phi) is 9.77. The lowest BCUT2D eigenvalue weighted by Gasteiger charge is -2.38. The first-order chi connectivity index (χ1) is 17.0. The highest BCUT2D eigenvalue weighted by molar-refractivity contribution is 6.38. The smallest absolute Gasteiger partial charge is 0.289 e. The molecule has 8 heteroatoms. The summed E-state index contributed by atoms with van der Waals surface area (Å²) in [6, 6.07) is -2.03. The van der Waals surface area contributed by atoms with Crippen LogP contribution in [0.1, 0.15) is 81.6 Å². The number of hydrogen-bond acceptors (Lipinski definition) is 5. The number of rotatable bonds is 12. The molecule has 0 aromatic rings. The second-order valence-corrected chi connectivity index (χ2v) is 13.7. The van der Waals surface area contributed by atoms with Crippen molar-refractivity contribution in [1.29, 1.82) is 0 Å². The number of ketones is 1. The van der Waals surface area contributed by atoms with E-state index in [0.29, 0.717) is 25.9 Å². The van der Waals surface area contributed by atoms with Gasteiger partial charge in [-0.25, -0.2) is 0 Å². The van der Waals surface area contributed by atoms with Crippen molar-refractivity contribution < 1.29 is 19.2 Å². The van der Waals surface area contributed by atoms with Gasteiger partial charge < -0.3 is 20.9 Å². The average Bonchev–Trinajstić information content (AvgIpc) is 3.10. The van der Waals surface area contributed by atoms with Crippen molar-refractivity contribution in [3.8, 4) is 0 Å². The standard InChI is InChI=1S/C29H50N4O4/c1-11-13-19(22(34)25(36)31-15-12-2)32-24(35)21-20-18(29(20,9)10)17-33(21)26(37)23(28(6,7)8)30-16-14-27(3,4)5/h12,18-21,23,30H,2,11,13-17H2,1,3-10H3,(H,31,36)(H,32,35)/t18-,19?,20-,21?,23?/m1/s1. The first kappa shape index (κ1) is 31.0. The Morgan fingerprint density at radius 3 is 2.24 bits per heavy atom. The van der Waals surface area contributed by atoms with Gasteiger partial charge in [0, 0.05) is 13.1 Å². The van der Waals surface area contributed by atoms with Crippen LogP contribution < -0.4 is 16.0 Å². The van der Waals surface area contributed by atoms with Gasteiger partial charge in [0.05, 0.1) is 12.1 Å². The summed E-state index contributed by atoms with van der Waals surface area (Å²) in [5, 5.41) is 8.83. The van der Waals surface area contributed by atoms with Crippen molar-refractivity contribution in [2.75, 3.05) is 19.6 Å². The monoisotopic (exact) mass is 518 g/mol. The third-order valence-corrected chi connectivity index (χ3v) is 7.94. The molecule has 0 radical (unpaired) electrons. The Bertz CT molecular complexity index is 883. The summed E-state index contributed by atoms with van der Waals surface area (Å²) in [6.07, 6.45) is 3.39. The van der Waals surface area contributed by atoms with E-state index in [0.717, 1.165) is 6.42 Å². The first-order valence-corrected chi connectivity index (χ1v) is 13.7. The van der Waals surface area contributed by atoms with Crippen LogP contribution in [0.15, 0.2) is 12.7 Å². The van der Waals surface area contributed by atoms with Crippen molar-refractivity contribution >= 4 is 23.5 Å². The molecule has 0 bridgehead atoms. The Labute approximate surface area is 223 Å². The molecule has 37 heavy (non-hydrogen) atoms. The SMILES string of the molecule is C=CCNC(=O)C(=O)C(CCC)NC(=O)C1[C@H]2[C@@H](CN1C(=O)C(NCCC(C)(C)C)C(C)(C)C)C2(C)C. The lowest BCUT2D eigenvalue weighted by Crippen LogP contribution is -2.60. The molecular weight excluding hydrogens is 468 g/mol. The summed E-state index contributed by atoms with van der Waals surface area (Å²) in [6.45, 7) is 23.7. The van der Waals surface area contributed by atoms with Gasteiger partial charge in [0.15, 0.2) is 0 Å². The van der Waals surface area contributed by atoms with E-state index in [1.165, 1.54) is 6.08 Å². The number of nitrogens with zero attached hydrogens (tertiary/aromatic N) is 1. The molecule has 8 nitrogen and oxygen atoms in total. The summed E-state index contributed by atoms with van der Waals surface area (Å²) in [5.74, 6) is -1.57. The second kappa shape index (κ2) is 11.7.